The number of halogens is 1. The molecular weight excluding hydrogens is 301 g/mol. The zero-order valence-corrected chi connectivity index (χ0v) is 14.8. The number of hydrogen-bond acceptors (Lipinski definition) is 2. The van der Waals surface area contributed by atoms with Crippen molar-refractivity contribution >= 4 is 16.8 Å². The zero-order valence-electron chi connectivity index (χ0n) is 14.0. The summed E-state index contributed by atoms with van der Waals surface area (Å²) in [6, 6.07) is 6.42. The van der Waals surface area contributed by atoms with Crippen LogP contribution in [0.15, 0.2) is 29.3 Å². The van der Waals surface area contributed by atoms with Crippen molar-refractivity contribution in [2.24, 2.45) is 4.99 Å². The third-order valence-corrected chi connectivity index (χ3v) is 5.10. The Morgan fingerprint density at radius 3 is 2.41 bits per heavy atom. The Hall–Kier alpha value is -1.43. The van der Waals surface area contributed by atoms with Crippen LogP contribution in [0.3, 0.4) is 0 Å². The minimum absolute atomic E-state index is 0.203. The summed E-state index contributed by atoms with van der Waals surface area (Å²) >= 11 is 0. The summed E-state index contributed by atoms with van der Waals surface area (Å²) in [6.45, 7) is 7.14. The van der Waals surface area contributed by atoms with Gasteiger partial charge in [-0.25, -0.2) is 4.39 Å². The van der Waals surface area contributed by atoms with Gasteiger partial charge < -0.3 is 10.2 Å². The first-order chi connectivity index (χ1) is 10.2. The molecule has 0 amide bonds. The summed E-state index contributed by atoms with van der Waals surface area (Å²) in [5.41, 5.74) is 1.00. The van der Waals surface area contributed by atoms with Gasteiger partial charge >= 0.3 is 0 Å². The molecule has 1 N–H and O–H groups in total. The number of guanidine groups is 1. The van der Waals surface area contributed by atoms with Gasteiger partial charge in [0.1, 0.15) is 5.82 Å². The van der Waals surface area contributed by atoms with E-state index in [2.05, 4.69) is 10.3 Å². The minimum atomic E-state index is -0.887. The largest absolute Gasteiger partial charge is 0.355 e. The van der Waals surface area contributed by atoms with Gasteiger partial charge in [0, 0.05) is 48.5 Å². The zero-order chi connectivity index (χ0) is 16.8. The van der Waals surface area contributed by atoms with Crippen molar-refractivity contribution < 1.29 is 8.60 Å². The first-order valence-corrected chi connectivity index (χ1v) is 8.60. The van der Waals surface area contributed by atoms with E-state index < -0.39 is 10.8 Å². The van der Waals surface area contributed by atoms with E-state index in [1.807, 2.05) is 32.7 Å². The molecule has 0 spiro atoms. The van der Waals surface area contributed by atoms with Gasteiger partial charge in [0.2, 0.25) is 0 Å². The predicted molar refractivity (Wildman–Crippen MR) is 92.0 cm³/mol. The Kier molecular flexibility index (Phi) is 7.00. The standard InChI is InChI=1S/C16H26FN3OS/c1-16(2,3)22(21)11-10-19-15(18-4)20(5)12-13-6-8-14(17)9-7-13/h6-9H,10-12H2,1-5H3,(H,18,19). The van der Waals surface area contributed by atoms with Gasteiger partial charge in [-0.3, -0.25) is 9.20 Å². The molecule has 0 aromatic heterocycles. The highest BCUT2D eigenvalue weighted by molar-refractivity contribution is 7.86. The molecule has 0 fully saturated rings. The van der Waals surface area contributed by atoms with Crippen LogP contribution in [0.25, 0.3) is 0 Å². The number of benzene rings is 1. The number of hydrogen-bond donors (Lipinski definition) is 1. The second-order valence-corrected chi connectivity index (χ2v) is 8.44. The Balaban J connectivity index is 2.50. The third kappa shape index (κ3) is 6.13. The molecule has 0 aliphatic heterocycles. The van der Waals surface area contributed by atoms with E-state index in [0.717, 1.165) is 11.5 Å². The van der Waals surface area contributed by atoms with Gasteiger partial charge in [0.15, 0.2) is 5.96 Å². The van der Waals surface area contributed by atoms with Crippen LogP contribution in [-0.2, 0) is 17.3 Å². The predicted octanol–water partition coefficient (Wildman–Crippen LogP) is 2.38. The van der Waals surface area contributed by atoms with Crippen molar-refractivity contribution in [2.45, 2.75) is 32.1 Å². The van der Waals surface area contributed by atoms with Crippen LogP contribution < -0.4 is 5.32 Å². The lowest BCUT2D eigenvalue weighted by Gasteiger charge is -2.23. The van der Waals surface area contributed by atoms with Crippen molar-refractivity contribution in [2.75, 3.05) is 26.4 Å². The van der Waals surface area contributed by atoms with Gasteiger partial charge in [0.25, 0.3) is 0 Å². The normalized spacial score (nSPS) is 13.8. The van der Waals surface area contributed by atoms with Gasteiger partial charge in [-0.1, -0.05) is 12.1 Å². The van der Waals surface area contributed by atoms with Crippen molar-refractivity contribution in [3.63, 3.8) is 0 Å². The molecule has 1 unspecified atom stereocenters. The van der Waals surface area contributed by atoms with E-state index in [1.54, 1.807) is 19.2 Å². The van der Waals surface area contributed by atoms with Crippen molar-refractivity contribution in [1.29, 1.82) is 0 Å². The molecule has 0 aliphatic carbocycles. The highest BCUT2D eigenvalue weighted by Crippen LogP contribution is 2.10. The number of nitrogens with one attached hydrogen (secondary N) is 1. The van der Waals surface area contributed by atoms with E-state index in [1.165, 1.54) is 12.1 Å². The van der Waals surface area contributed by atoms with Crippen LogP contribution in [0.4, 0.5) is 4.39 Å². The highest BCUT2D eigenvalue weighted by Gasteiger charge is 2.19. The number of aliphatic imine (C=N–C) groups is 1. The molecule has 1 aromatic carbocycles. The second kappa shape index (κ2) is 8.27. The fraction of sp³-hybridized carbons (Fsp3) is 0.562. The first-order valence-electron chi connectivity index (χ1n) is 7.28. The quantitative estimate of drug-likeness (QED) is 0.667. The van der Waals surface area contributed by atoms with Crippen LogP contribution >= 0.6 is 0 Å². The van der Waals surface area contributed by atoms with Crippen molar-refractivity contribution in [1.82, 2.24) is 10.2 Å². The van der Waals surface area contributed by atoms with E-state index in [9.17, 15) is 8.60 Å². The number of rotatable bonds is 5. The lowest BCUT2D eigenvalue weighted by molar-refractivity contribution is 0.478. The molecule has 0 radical (unpaired) electrons. The van der Waals surface area contributed by atoms with Crippen LogP contribution in [0, 0.1) is 5.82 Å². The minimum Gasteiger partial charge on any atom is -0.355 e. The van der Waals surface area contributed by atoms with Gasteiger partial charge in [-0.05, 0) is 38.5 Å². The molecular formula is C16H26FN3OS. The highest BCUT2D eigenvalue weighted by atomic mass is 32.2. The van der Waals surface area contributed by atoms with E-state index in [4.69, 9.17) is 0 Å². The Labute approximate surface area is 135 Å². The summed E-state index contributed by atoms with van der Waals surface area (Å²) in [5.74, 6) is 1.07. The molecule has 4 nitrogen and oxygen atoms in total. The second-order valence-electron chi connectivity index (χ2n) is 6.12. The molecule has 0 heterocycles. The lowest BCUT2D eigenvalue weighted by Crippen LogP contribution is -2.41. The van der Waals surface area contributed by atoms with Crippen LogP contribution in [0.1, 0.15) is 26.3 Å². The van der Waals surface area contributed by atoms with E-state index in [-0.39, 0.29) is 10.6 Å². The summed E-state index contributed by atoms with van der Waals surface area (Å²) in [5, 5.41) is 3.21. The Morgan fingerprint density at radius 1 is 1.32 bits per heavy atom. The van der Waals surface area contributed by atoms with E-state index in [0.29, 0.717) is 18.8 Å². The molecule has 0 saturated carbocycles. The smallest absolute Gasteiger partial charge is 0.193 e. The van der Waals surface area contributed by atoms with Crippen LogP contribution in [-0.4, -0.2) is 46.2 Å². The van der Waals surface area contributed by atoms with Crippen molar-refractivity contribution in [3.8, 4) is 0 Å². The third-order valence-electron chi connectivity index (χ3n) is 3.16. The maximum atomic E-state index is 12.9. The van der Waals surface area contributed by atoms with E-state index >= 15 is 0 Å². The maximum absolute atomic E-state index is 12.9. The summed E-state index contributed by atoms with van der Waals surface area (Å²) in [7, 11) is 2.74. The van der Waals surface area contributed by atoms with Gasteiger partial charge in [-0.15, -0.1) is 0 Å². The van der Waals surface area contributed by atoms with Crippen molar-refractivity contribution in [3.05, 3.63) is 35.6 Å². The van der Waals surface area contributed by atoms with Gasteiger partial charge in [-0.2, -0.15) is 0 Å². The molecule has 1 rings (SSSR count). The fourth-order valence-corrected chi connectivity index (χ4v) is 2.78. The Bertz CT molecular complexity index is 523. The fourth-order valence-electron chi connectivity index (χ4n) is 1.89. The summed E-state index contributed by atoms with van der Waals surface area (Å²) in [6.07, 6.45) is 0. The number of nitrogens with zero attached hydrogens (tertiary/aromatic N) is 2. The average Bonchev–Trinajstić information content (AvgIpc) is 2.44. The van der Waals surface area contributed by atoms with Crippen LogP contribution in [0.2, 0.25) is 0 Å². The molecule has 6 heteroatoms. The lowest BCUT2D eigenvalue weighted by atomic mass is 10.2. The maximum Gasteiger partial charge on any atom is 0.193 e. The topological polar surface area (TPSA) is 44.7 Å². The molecule has 124 valence electrons. The molecule has 1 aromatic rings. The molecule has 0 saturated heterocycles. The first kappa shape index (κ1) is 18.6. The summed E-state index contributed by atoms with van der Waals surface area (Å²) in [4.78, 5) is 6.17. The molecule has 1 atom stereocenters. The molecule has 0 aliphatic rings. The summed E-state index contributed by atoms with van der Waals surface area (Å²) < 4.78 is 24.7. The average molecular weight is 327 g/mol. The Morgan fingerprint density at radius 2 is 1.91 bits per heavy atom. The molecule has 22 heavy (non-hydrogen) atoms. The monoisotopic (exact) mass is 327 g/mol. The van der Waals surface area contributed by atoms with Gasteiger partial charge in [0.05, 0.1) is 0 Å². The SMILES string of the molecule is CN=C(NCCS(=O)C(C)(C)C)N(C)Cc1ccc(F)cc1. The molecule has 0 bridgehead atoms. The van der Waals surface area contributed by atoms with Crippen LogP contribution in [0.5, 0.6) is 0 Å².